The summed E-state index contributed by atoms with van der Waals surface area (Å²) in [6.45, 7) is 5.72. The topological polar surface area (TPSA) is 175 Å². The second-order valence-corrected chi connectivity index (χ2v) is 22.0. The Morgan fingerprint density at radius 2 is 0.741 bits per heavy atom. The van der Waals surface area contributed by atoms with Crippen LogP contribution in [0.5, 0.6) is 0 Å². The molecular formula is C73H116O12. The monoisotopic (exact) mass is 1180 g/mol. The lowest BCUT2D eigenvalue weighted by Crippen LogP contribution is -2.61. The molecule has 3 N–H and O–H groups in total. The third-order valence-electron chi connectivity index (χ3n) is 14.2. The zero-order valence-electron chi connectivity index (χ0n) is 53.1. The minimum absolute atomic E-state index is 0.0343. The molecule has 6 atom stereocenters. The first-order valence-electron chi connectivity index (χ1n) is 33.2. The first-order valence-corrected chi connectivity index (χ1v) is 33.2. The van der Waals surface area contributed by atoms with Crippen LogP contribution in [0.1, 0.15) is 252 Å². The van der Waals surface area contributed by atoms with Crippen molar-refractivity contribution in [3.05, 3.63) is 134 Å². The van der Waals surface area contributed by atoms with Crippen LogP contribution in [0.25, 0.3) is 0 Å². The number of carboxylic acid groups (broad SMARTS) is 1. The molecule has 0 aromatic heterocycles. The smallest absolute Gasteiger partial charge is 0.335 e. The van der Waals surface area contributed by atoms with Crippen LogP contribution < -0.4 is 0 Å². The molecule has 6 unspecified atom stereocenters. The van der Waals surface area contributed by atoms with Crippen molar-refractivity contribution in [2.75, 3.05) is 13.2 Å². The van der Waals surface area contributed by atoms with Crippen molar-refractivity contribution >= 4 is 23.9 Å². The number of hydrogen-bond donors (Lipinski definition) is 3. The van der Waals surface area contributed by atoms with Crippen LogP contribution in [0, 0.1) is 0 Å². The molecule has 12 heteroatoms. The van der Waals surface area contributed by atoms with Gasteiger partial charge in [0.15, 0.2) is 24.6 Å². The summed E-state index contributed by atoms with van der Waals surface area (Å²) < 4.78 is 28.5. The van der Waals surface area contributed by atoms with Crippen molar-refractivity contribution in [1.82, 2.24) is 0 Å². The molecule has 0 amide bonds. The molecule has 1 rings (SSSR count). The molecule has 1 fully saturated rings. The number of aliphatic carboxylic acids is 1. The number of hydrogen-bond acceptors (Lipinski definition) is 11. The molecule has 1 saturated heterocycles. The number of unbranched alkanes of at least 4 members (excludes halogenated alkanes) is 19. The highest BCUT2D eigenvalue weighted by Crippen LogP contribution is 2.26. The van der Waals surface area contributed by atoms with Gasteiger partial charge in [0.05, 0.1) is 6.61 Å². The second-order valence-electron chi connectivity index (χ2n) is 22.0. The SMILES string of the molecule is CC/C=C\C/C=C\C/C=C\C/C=C\CCCCCCCCC(=O)OCC(COC1OC(C(=O)O)C(O)C(O)C1OC(=O)CCCCCCCC/C=C\C/C=C\C/C=C\CCCCC)OC(=O)CCCCCC/C=C\C/C=C\C/C=C\C/C=C\CC. The summed E-state index contributed by atoms with van der Waals surface area (Å²) in [6.07, 6.45) is 71.1. The Kier molecular flexibility index (Phi) is 54.2. The standard InChI is InChI=1S/C73H116O12/c1-4-7-10-13-16-19-22-25-28-31-33-36-38-41-44-47-50-53-56-59-65(74)81-62-64(83-66(75)60-57-54-51-48-45-42-39-35-30-27-24-21-18-15-12-9-6-3)63-82-73-71(69(78)68(77)70(85-73)72(79)80)84-67(76)61-58-55-52-49-46-43-40-37-34-32-29-26-23-20-17-14-11-8-5-2/h7,9-10,12,16-21,25-30,33-34,36-37,39,42,64,68-71,73,77-78H,4-6,8,11,13-15,22-24,31-32,35,38,40-41,43-63H2,1-3H3,(H,79,80)/b10-7-,12-9-,19-16-,20-17-,21-18-,28-25-,29-26-,30-27-,36-33-,37-34-,42-39-. The van der Waals surface area contributed by atoms with Crippen molar-refractivity contribution in [2.24, 2.45) is 0 Å². The van der Waals surface area contributed by atoms with Gasteiger partial charge in [-0.15, -0.1) is 0 Å². The summed E-state index contributed by atoms with van der Waals surface area (Å²) in [5.74, 6) is -3.20. The zero-order chi connectivity index (χ0) is 61.7. The summed E-state index contributed by atoms with van der Waals surface area (Å²) in [5.41, 5.74) is 0. The Balaban J connectivity index is 2.70. The third kappa shape index (κ3) is 48.6. The fraction of sp³-hybridized carbons (Fsp3) is 0.644. The minimum Gasteiger partial charge on any atom is -0.479 e. The lowest BCUT2D eigenvalue weighted by atomic mass is 9.98. The molecule has 0 aromatic rings. The highest BCUT2D eigenvalue weighted by molar-refractivity contribution is 5.74. The third-order valence-corrected chi connectivity index (χ3v) is 14.2. The summed E-state index contributed by atoms with van der Waals surface area (Å²) in [5, 5.41) is 31.6. The van der Waals surface area contributed by atoms with Crippen molar-refractivity contribution in [1.29, 1.82) is 0 Å². The van der Waals surface area contributed by atoms with Gasteiger partial charge in [-0.1, -0.05) is 231 Å². The maximum absolute atomic E-state index is 13.2. The van der Waals surface area contributed by atoms with E-state index >= 15 is 0 Å². The number of carbonyl (C=O) groups is 4. The second kappa shape index (κ2) is 59.2. The predicted octanol–water partition coefficient (Wildman–Crippen LogP) is 18.1. The number of carbonyl (C=O) groups excluding carboxylic acids is 3. The molecule has 0 bridgehead atoms. The molecular weight excluding hydrogens is 1070 g/mol. The van der Waals surface area contributed by atoms with Crippen LogP contribution in [-0.2, 0) is 42.9 Å². The van der Waals surface area contributed by atoms with Gasteiger partial charge in [0, 0.05) is 19.3 Å². The van der Waals surface area contributed by atoms with Gasteiger partial charge in [-0.2, -0.15) is 0 Å². The molecule has 85 heavy (non-hydrogen) atoms. The first-order chi connectivity index (χ1) is 41.6. The molecule has 480 valence electrons. The highest BCUT2D eigenvalue weighted by Gasteiger charge is 2.50. The van der Waals surface area contributed by atoms with Crippen molar-refractivity contribution in [3.63, 3.8) is 0 Å². The number of aliphatic hydroxyl groups is 2. The van der Waals surface area contributed by atoms with Gasteiger partial charge in [-0.25, -0.2) is 4.79 Å². The van der Waals surface area contributed by atoms with Crippen LogP contribution in [0.15, 0.2) is 134 Å². The average Bonchev–Trinajstić information content (AvgIpc) is 3.51. The Morgan fingerprint density at radius 3 is 1.13 bits per heavy atom. The van der Waals surface area contributed by atoms with Crippen molar-refractivity contribution < 1.29 is 58.2 Å². The van der Waals surface area contributed by atoms with Gasteiger partial charge in [-0.3, -0.25) is 14.4 Å². The number of aliphatic hydroxyl groups excluding tert-OH is 2. The maximum atomic E-state index is 13.2. The number of rotatable bonds is 55. The van der Waals surface area contributed by atoms with Gasteiger partial charge >= 0.3 is 23.9 Å². The van der Waals surface area contributed by atoms with Crippen molar-refractivity contribution in [2.45, 2.75) is 289 Å². The summed E-state index contributed by atoms with van der Waals surface area (Å²) in [4.78, 5) is 51.4. The fourth-order valence-corrected chi connectivity index (χ4v) is 9.18. The van der Waals surface area contributed by atoms with Gasteiger partial charge in [0.25, 0.3) is 0 Å². The van der Waals surface area contributed by atoms with Gasteiger partial charge in [0.1, 0.15) is 18.8 Å². The zero-order valence-corrected chi connectivity index (χ0v) is 53.1. The lowest BCUT2D eigenvalue weighted by molar-refractivity contribution is -0.301. The Labute approximate surface area is 515 Å². The van der Waals surface area contributed by atoms with Crippen LogP contribution >= 0.6 is 0 Å². The minimum atomic E-state index is -1.92. The quantitative estimate of drug-likeness (QED) is 0.0228. The maximum Gasteiger partial charge on any atom is 0.335 e. The van der Waals surface area contributed by atoms with E-state index in [1.165, 1.54) is 19.3 Å². The van der Waals surface area contributed by atoms with E-state index in [0.29, 0.717) is 19.3 Å². The average molecular weight is 1190 g/mol. The Morgan fingerprint density at radius 1 is 0.400 bits per heavy atom. The molecule has 1 heterocycles. The molecule has 0 saturated carbocycles. The van der Waals surface area contributed by atoms with E-state index in [1.807, 2.05) is 0 Å². The van der Waals surface area contributed by atoms with Gasteiger partial charge in [-0.05, 0) is 135 Å². The van der Waals surface area contributed by atoms with E-state index in [9.17, 15) is 34.5 Å². The van der Waals surface area contributed by atoms with Crippen LogP contribution in [0.3, 0.4) is 0 Å². The Hall–Kier alpha value is -5.14. The van der Waals surface area contributed by atoms with Gasteiger partial charge < -0.3 is 39.0 Å². The van der Waals surface area contributed by atoms with Gasteiger partial charge in [0.2, 0.25) is 0 Å². The van der Waals surface area contributed by atoms with E-state index < -0.39 is 67.3 Å². The fourth-order valence-electron chi connectivity index (χ4n) is 9.18. The molecule has 0 radical (unpaired) electrons. The van der Waals surface area contributed by atoms with E-state index in [2.05, 4.69) is 154 Å². The van der Waals surface area contributed by atoms with E-state index in [4.69, 9.17) is 23.7 Å². The van der Waals surface area contributed by atoms with E-state index in [0.717, 1.165) is 173 Å². The molecule has 0 aromatic carbocycles. The van der Waals surface area contributed by atoms with Crippen LogP contribution in [0.4, 0.5) is 0 Å². The van der Waals surface area contributed by atoms with E-state index in [-0.39, 0.29) is 25.9 Å². The highest BCUT2D eigenvalue weighted by atomic mass is 16.7. The summed E-state index contributed by atoms with van der Waals surface area (Å²) in [6, 6.07) is 0. The molecule has 0 aliphatic carbocycles. The molecule has 1 aliphatic heterocycles. The van der Waals surface area contributed by atoms with Crippen LogP contribution in [-0.4, -0.2) is 89.2 Å². The van der Waals surface area contributed by atoms with Crippen LogP contribution in [0.2, 0.25) is 0 Å². The summed E-state index contributed by atoms with van der Waals surface area (Å²) in [7, 11) is 0. The summed E-state index contributed by atoms with van der Waals surface area (Å²) >= 11 is 0. The normalized spacial score (nSPS) is 18.3. The number of esters is 3. The van der Waals surface area contributed by atoms with Crippen molar-refractivity contribution in [3.8, 4) is 0 Å². The molecule has 0 spiro atoms. The predicted molar refractivity (Wildman–Crippen MR) is 349 cm³/mol. The number of allylic oxidation sites excluding steroid dienone is 22. The lowest BCUT2D eigenvalue weighted by Gasteiger charge is -2.40. The molecule has 12 nitrogen and oxygen atoms in total. The molecule has 1 aliphatic rings. The number of ether oxygens (including phenoxy) is 5. The number of carboxylic acids is 1. The Bertz CT molecular complexity index is 1990. The largest absolute Gasteiger partial charge is 0.479 e. The first kappa shape index (κ1) is 77.9. The van der Waals surface area contributed by atoms with E-state index in [1.54, 1.807) is 0 Å².